The van der Waals surface area contributed by atoms with Crippen molar-refractivity contribution in [3.63, 3.8) is 0 Å². The van der Waals surface area contributed by atoms with Gasteiger partial charge in [0.15, 0.2) is 0 Å². The van der Waals surface area contributed by atoms with Crippen molar-refractivity contribution in [3.05, 3.63) is 30.0 Å². The second-order valence-electron chi connectivity index (χ2n) is 4.82. The second kappa shape index (κ2) is 4.55. The van der Waals surface area contributed by atoms with E-state index in [1.165, 1.54) is 4.90 Å². The Labute approximate surface area is 114 Å². The number of halogens is 1. The molecule has 0 spiro atoms. The van der Waals surface area contributed by atoms with Crippen LogP contribution in [0, 0.1) is 0 Å². The van der Waals surface area contributed by atoms with Crippen LogP contribution >= 0.6 is 0 Å². The van der Waals surface area contributed by atoms with Gasteiger partial charge in [-0.15, -0.1) is 3.89 Å². The molecule has 20 heavy (non-hydrogen) atoms. The molecule has 1 amide bonds. The average molecular weight is 297 g/mol. The molecule has 1 unspecified atom stereocenters. The van der Waals surface area contributed by atoms with E-state index < -0.39 is 15.5 Å². The van der Waals surface area contributed by atoms with E-state index in [2.05, 4.69) is 10.2 Å². The highest BCUT2D eigenvalue weighted by Gasteiger charge is 2.38. The number of benzene rings is 1. The van der Waals surface area contributed by atoms with Gasteiger partial charge < -0.3 is 4.90 Å². The molecule has 2 aromatic rings. The van der Waals surface area contributed by atoms with Gasteiger partial charge >= 0.3 is 10.2 Å². The summed E-state index contributed by atoms with van der Waals surface area (Å²) in [5.41, 5.74) is 1.69. The largest absolute Gasteiger partial charge is 0.337 e. The molecule has 1 aromatic heterocycles. The first kappa shape index (κ1) is 13.0. The lowest BCUT2D eigenvalue weighted by Crippen LogP contribution is -2.26. The number of carbonyl (C=O) groups excluding carboxylic acids is 1. The summed E-state index contributed by atoms with van der Waals surface area (Å²) >= 11 is 0. The predicted octanol–water partition coefficient (Wildman–Crippen LogP) is 0.963. The second-order valence-corrected chi connectivity index (χ2v) is 6.44. The van der Waals surface area contributed by atoms with Crippen LogP contribution < -0.4 is 0 Å². The number of nitrogens with one attached hydrogen (secondary N) is 1. The standard InChI is InChI=1S/C12H12FN3O3S/c13-20(18,19)9-4-12(17)16(7-9)6-8-2-1-3-11-10(8)5-14-15-11/h1-3,5,9H,4,6-7H2,(H,14,15). The molecule has 0 bridgehead atoms. The summed E-state index contributed by atoms with van der Waals surface area (Å²) in [6.07, 6.45) is 1.36. The van der Waals surface area contributed by atoms with E-state index in [1.807, 2.05) is 18.2 Å². The lowest BCUT2D eigenvalue weighted by atomic mass is 10.1. The molecule has 0 radical (unpaired) electrons. The number of carbonyl (C=O) groups is 1. The summed E-state index contributed by atoms with van der Waals surface area (Å²) in [5.74, 6) is -0.350. The molecule has 106 valence electrons. The van der Waals surface area contributed by atoms with Gasteiger partial charge in [-0.05, 0) is 11.6 Å². The van der Waals surface area contributed by atoms with Crippen molar-refractivity contribution in [2.24, 2.45) is 0 Å². The minimum Gasteiger partial charge on any atom is -0.337 e. The maximum atomic E-state index is 13.0. The van der Waals surface area contributed by atoms with Gasteiger partial charge in [0.05, 0.1) is 11.7 Å². The lowest BCUT2D eigenvalue weighted by Gasteiger charge is -2.16. The number of H-pyrrole nitrogens is 1. The number of hydrogen-bond donors (Lipinski definition) is 1. The Morgan fingerprint density at radius 2 is 2.25 bits per heavy atom. The van der Waals surface area contributed by atoms with Gasteiger partial charge in [-0.1, -0.05) is 12.1 Å². The maximum absolute atomic E-state index is 13.0. The third-order valence-corrected chi connectivity index (χ3v) is 4.63. The van der Waals surface area contributed by atoms with Crippen molar-refractivity contribution in [2.75, 3.05) is 6.54 Å². The molecule has 8 heteroatoms. The number of aromatic amines is 1. The predicted molar refractivity (Wildman–Crippen MR) is 69.9 cm³/mol. The van der Waals surface area contributed by atoms with Crippen LogP contribution in [0.5, 0.6) is 0 Å². The van der Waals surface area contributed by atoms with Crippen LogP contribution in [-0.4, -0.2) is 41.2 Å². The smallest absolute Gasteiger partial charge is 0.307 e. The van der Waals surface area contributed by atoms with Gasteiger partial charge in [0.25, 0.3) is 0 Å². The molecule has 0 aliphatic carbocycles. The summed E-state index contributed by atoms with van der Waals surface area (Å²) in [4.78, 5) is 13.1. The van der Waals surface area contributed by atoms with Crippen LogP contribution in [0.4, 0.5) is 3.89 Å². The van der Waals surface area contributed by atoms with Crippen LogP contribution in [0.3, 0.4) is 0 Å². The average Bonchev–Trinajstić information content (AvgIpc) is 2.96. The Hall–Kier alpha value is -1.96. The monoisotopic (exact) mass is 297 g/mol. The number of nitrogens with zero attached hydrogens (tertiary/aromatic N) is 2. The van der Waals surface area contributed by atoms with Gasteiger partial charge in [0.2, 0.25) is 5.91 Å². The van der Waals surface area contributed by atoms with E-state index in [9.17, 15) is 17.1 Å². The molecular formula is C12H12FN3O3S. The number of amides is 1. The van der Waals surface area contributed by atoms with Crippen molar-refractivity contribution < 1.29 is 17.1 Å². The lowest BCUT2D eigenvalue weighted by molar-refractivity contribution is -0.128. The number of fused-ring (bicyclic) bond motifs is 1. The fourth-order valence-electron chi connectivity index (χ4n) is 2.45. The van der Waals surface area contributed by atoms with E-state index >= 15 is 0 Å². The van der Waals surface area contributed by atoms with Crippen molar-refractivity contribution in [1.29, 1.82) is 0 Å². The Balaban J connectivity index is 1.85. The molecule has 1 saturated heterocycles. The summed E-state index contributed by atoms with van der Waals surface area (Å²) in [7, 11) is -4.67. The van der Waals surface area contributed by atoms with Crippen molar-refractivity contribution in [1.82, 2.24) is 15.1 Å². The zero-order chi connectivity index (χ0) is 14.3. The summed E-state index contributed by atoms with van der Waals surface area (Å²) in [5, 5.41) is 6.36. The molecule has 1 aliphatic heterocycles. The van der Waals surface area contributed by atoms with Crippen LogP contribution in [0.15, 0.2) is 24.4 Å². The first-order chi connectivity index (χ1) is 9.45. The number of hydrogen-bond acceptors (Lipinski definition) is 4. The van der Waals surface area contributed by atoms with Gasteiger partial charge in [-0.2, -0.15) is 13.5 Å². The van der Waals surface area contributed by atoms with Crippen LogP contribution in [0.25, 0.3) is 10.9 Å². The Kier molecular flexibility index (Phi) is 2.97. The zero-order valence-corrected chi connectivity index (χ0v) is 11.2. The molecule has 1 aromatic carbocycles. The molecular weight excluding hydrogens is 285 g/mol. The van der Waals surface area contributed by atoms with Gasteiger partial charge in [0.1, 0.15) is 5.25 Å². The highest BCUT2D eigenvalue weighted by molar-refractivity contribution is 7.87. The minimum absolute atomic E-state index is 0.105. The molecule has 0 saturated carbocycles. The first-order valence-electron chi connectivity index (χ1n) is 6.07. The van der Waals surface area contributed by atoms with Gasteiger partial charge in [-0.25, -0.2) is 0 Å². The molecule has 2 heterocycles. The third-order valence-electron chi connectivity index (χ3n) is 3.51. The Morgan fingerprint density at radius 3 is 2.95 bits per heavy atom. The van der Waals surface area contributed by atoms with E-state index in [0.717, 1.165) is 16.5 Å². The van der Waals surface area contributed by atoms with Crippen LogP contribution in [0.1, 0.15) is 12.0 Å². The SMILES string of the molecule is O=C1CC(S(=O)(=O)F)CN1Cc1cccc2[nH]ncc12. The highest BCUT2D eigenvalue weighted by Crippen LogP contribution is 2.24. The molecule has 3 rings (SSSR count). The Morgan fingerprint density at radius 1 is 1.45 bits per heavy atom. The topological polar surface area (TPSA) is 83.1 Å². The normalized spacial score (nSPS) is 19.9. The molecule has 6 nitrogen and oxygen atoms in total. The van der Waals surface area contributed by atoms with E-state index in [1.54, 1.807) is 6.20 Å². The van der Waals surface area contributed by atoms with Crippen molar-refractivity contribution in [3.8, 4) is 0 Å². The van der Waals surface area contributed by atoms with Crippen molar-refractivity contribution in [2.45, 2.75) is 18.2 Å². The molecule has 1 N–H and O–H groups in total. The minimum atomic E-state index is -4.67. The third kappa shape index (κ3) is 2.26. The number of likely N-dealkylation sites (tertiary alicyclic amines) is 1. The molecule has 1 fully saturated rings. The number of aromatic nitrogens is 2. The summed E-state index contributed by atoms with van der Waals surface area (Å²) < 4.78 is 34.7. The fraction of sp³-hybridized carbons (Fsp3) is 0.333. The summed E-state index contributed by atoms with van der Waals surface area (Å²) in [6.45, 7) is 0.146. The molecule has 1 aliphatic rings. The van der Waals surface area contributed by atoms with Gasteiger partial charge in [0, 0.05) is 24.9 Å². The first-order valence-corrected chi connectivity index (χ1v) is 7.52. The Bertz CT molecular complexity index is 771. The quantitative estimate of drug-likeness (QED) is 0.855. The van der Waals surface area contributed by atoms with Crippen LogP contribution in [-0.2, 0) is 21.6 Å². The molecule has 1 atom stereocenters. The van der Waals surface area contributed by atoms with Gasteiger partial charge in [-0.3, -0.25) is 9.89 Å². The van der Waals surface area contributed by atoms with Crippen molar-refractivity contribution >= 4 is 27.0 Å². The maximum Gasteiger partial charge on any atom is 0.307 e. The zero-order valence-electron chi connectivity index (χ0n) is 10.4. The van der Waals surface area contributed by atoms with E-state index in [-0.39, 0.29) is 25.4 Å². The van der Waals surface area contributed by atoms with E-state index in [0.29, 0.717) is 0 Å². The fourth-order valence-corrected chi connectivity index (χ4v) is 3.15. The summed E-state index contributed by atoms with van der Waals surface area (Å²) in [6, 6.07) is 5.51. The van der Waals surface area contributed by atoms with E-state index in [4.69, 9.17) is 0 Å². The van der Waals surface area contributed by atoms with Crippen LogP contribution in [0.2, 0.25) is 0 Å². The number of rotatable bonds is 3. The highest BCUT2D eigenvalue weighted by atomic mass is 32.3.